The van der Waals surface area contributed by atoms with Crippen molar-refractivity contribution in [3.63, 3.8) is 0 Å². The van der Waals surface area contributed by atoms with Gasteiger partial charge in [0.05, 0.1) is 0 Å². The predicted molar refractivity (Wildman–Crippen MR) is 74.1 cm³/mol. The second-order valence-electron chi connectivity index (χ2n) is 6.16. The highest BCUT2D eigenvalue weighted by Gasteiger charge is 2.31. The smallest absolute Gasteiger partial charge is 0.0246 e. The molecule has 0 saturated heterocycles. The maximum atomic E-state index is 6.07. The first kappa shape index (κ1) is 13.4. The Morgan fingerprint density at radius 2 is 1.53 bits per heavy atom. The van der Waals surface area contributed by atoms with Crippen molar-refractivity contribution in [2.24, 2.45) is 11.7 Å². The van der Waals surface area contributed by atoms with E-state index in [1.807, 2.05) is 0 Å². The molecule has 0 aromatic rings. The average Bonchev–Trinajstić information content (AvgIpc) is 2.19. The molecule has 1 unspecified atom stereocenters. The van der Waals surface area contributed by atoms with Gasteiger partial charge in [-0.15, -0.1) is 0 Å². The fourth-order valence-electron chi connectivity index (χ4n) is 3.63. The van der Waals surface area contributed by atoms with E-state index in [-0.39, 0.29) is 0 Å². The Morgan fingerprint density at radius 3 is 2.00 bits per heavy atom. The lowest BCUT2D eigenvalue weighted by Crippen LogP contribution is -2.50. The Morgan fingerprint density at radius 1 is 0.941 bits per heavy atom. The second-order valence-corrected chi connectivity index (χ2v) is 6.16. The van der Waals surface area contributed by atoms with Gasteiger partial charge < -0.3 is 5.73 Å². The molecule has 0 spiro atoms. The molecule has 2 nitrogen and oxygen atoms in total. The highest BCUT2D eigenvalue weighted by molar-refractivity contribution is 4.87. The summed E-state index contributed by atoms with van der Waals surface area (Å²) in [6, 6.07) is 1.49. The van der Waals surface area contributed by atoms with Crippen molar-refractivity contribution in [1.29, 1.82) is 0 Å². The third kappa shape index (κ3) is 3.45. The van der Waals surface area contributed by atoms with Crippen LogP contribution >= 0.6 is 0 Å². The average molecular weight is 238 g/mol. The summed E-state index contributed by atoms with van der Waals surface area (Å²) in [4.78, 5) is 2.62. The molecule has 0 heterocycles. The molecule has 100 valence electrons. The molecular weight excluding hydrogens is 208 g/mol. The Labute approximate surface area is 107 Å². The zero-order valence-electron chi connectivity index (χ0n) is 11.5. The Balaban J connectivity index is 1.89. The van der Waals surface area contributed by atoms with E-state index in [2.05, 4.69) is 11.9 Å². The van der Waals surface area contributed by atoms with E-state index in [1.165, 1.54) is 64.2 Å². The first-order valence-electron chi connectivity index (χ1n) is 7.75. The fourth-order valence-corrected chi connectivity index (χ4v) is 3.63. The fraction of sp³-hybridized carbons (Fsp3) is 1.00. The van der Waals surface area contributed by atoms with Crippen LogP contribution in [0, 0.1) is 5.92 Å². The van der Waals surface area contributed by atoms with E-state index in [0.717, 1.165) is 18.5 Å². The van der Waals surface area contributed by atoms with Gasteiger partial charge in [0.1, 0.15) is 0 Å². The molecule has 2 aliphatic rings. The summed E-state index contributed by atoms with van der Waals surface area (Å²) in [6.07, 6.45) is 14.3. The SMILES string of the molecule is CN(C1CCC1)C(CN)C1CCCCCCC1. The Kier molecular flexibility index (Phi) is 5.30. The number of rotatable bonds is 4. The monoisotopic (exact) mass is 238 g/mol. The lowest BCUT2D eigenvalue weighted by Gasteiger charge is -2.43. The van der Waals surface area contributed by atoms with Crippen molar-refractivity contribution >= 4 is 0 Å². The summed E-state index contributed by atoms with van der Waals surface area (Å²) < 4.78 is 0. The molecule has 2 fully saturated rings. The molecule has 2 N–H and O–H groups in total. The molecule has 0 bridgehead atoms. The molecule has 1 atom stereocenters. The van der Waals surface area contributed by atoms with Crippen LogP contribution in [0.25, 0.3) is 0 Å². The van der Waals surface area contributed by atoms with Gasteiger partial charge in [0.25, 0.3) is 0 Å². The van der Waals surface area contributed by atoms with Crippen LogP contribution in [-0.4, -0.2) is 30.6 Å². The van der Waals surface area contributed by atoms with Crippen molar-refractivity contribution in [2.45, 2.75) is 76.3 Å². The third-order valence-electron chi connectivity index (χ3n) is 5.11. The van der Waals surface area contributed by atoms with Crippen LogP contribution in [0.4, 0.5) is 0 Å². The molecule has 0 amide bonds. The molecule has 17 heavy (non-hydrogen) atoms. The Bertz CT molecular complexity index is 205. The lowest BCUT2D eigenvalue weighted by atomic mass is 9.82. The largest absolute Gasteiger partial charge is 0.329 e. The number of nitrogens with two attached hydrogens (primary N) is 1. The summed E-state index contributed by atoms with van der Waals surface area (Å²) in [5, 5.41) is 0. The highest BCUT2D eigenvalue weighted by Crippen LogP contribution is 2.31. The van der Waals surface area contributed by atoms with E-state index >= 15 is 0 Å². The summed E-state index contributed by atoms with van der Waals surface area (Å²) in [5.74, 6) is 0.867. The summed E-state index contributed by atoms with van der Waals surface area (Å²) >= 11 is 0. The number of hydrogen-bond acceptors (Lipinski definition) is 2. The Hall–Kier alpha value is -0.0800. The van der Waals surface area contributed by atoms with Crippen LogP contribution in [0.1, 0.15) is 64.2 Å². The first-order valence-corrected chi connectivity index (χ1v) is 7.75. The quantitative estimate of drug-likeness (QED) is 0.815. The van der Waals surface area contributed by atoms with Crippen molar-refractivity contribution in [1.82, 2.24) is 4.90 Å². The highest BCUT2D eigenvalue weighted by atomic mass is 15.2. The van der Waals surface area contributed by atoms with Gasteiger partial charge in [-0.05, 0) is 38.6 Å². The third-order valence-corrected chi connectivity index (χ3v) is 5.11. The summed E-state index contributed by atoms with van der Waals surface area (Å²) in [6.45, 7) is 0.859. The van der Waals surface area contributed by atoms with Crippen LogP contribution in [-0.2, 0) is 0 Å². The van der Waals surface area contributed by atoms with Gasteiger partial charge in [0, 0.05) is 18.6 Å². The van der Waals surface area contributed by atoms with E-state index < -0.39 is 0 Å². The van der Waals surface area contributed by atoms with Gasteiger partial charge >= 0.3 is 0 Å². The predicted octanol–water partition coefficient (Wildman–Crippen LogP) is 3.16. The molecule has 2 aliphatic carbocycles. The molecule has 0 aliphatic heterocycles. The summed E-state index contributed by atoms with van der Waals surface area (Å²) in [7, 11) is 2.32. The van der Waals surface area contributed by atoms with Crippen LogP contribution in [0.2, 0.25) is 0 Å². The maximum Gasteiger partial charge on any atom is 0.0246 e. The molecule has 2 saturated carbocycles. The molecule has 2 rings (SSSR count). The van der Waals surface area contributed by atoms with Crippen LogP contribution in [0.15, 0.2) is 0 Å². The molecule has 0 aromatic heterocycles. The van der Waals surface area contributed by atoms with Gasteiger partial charge in [0.2, 0.25) is 0 Å². The second kappa shape index (κ2) is 6.75. The molecule has 0 aromatic carbocycles. The van der Waals surface area contributed by atoms with Gasteiger partial charge in [-0.3, -0.25) is 4.90 Å². The topological polar surface area (TPSA) is 29.3 Å². The minimum Gasteiger partial charge on any atom is -0.329 e. The van der Waals surface area contributed by atoms with Crippen LogP contribution in [0.5, 0.6) is 0 Å². The standard InChI is InChI=1S/C15H30N2/c1-17(14-10-7-11-14)15(12-16)13-8-5-3-2-4-6-9-13/h13-15H,2-12,16H2,1H3. The normalized spacial score (nSPS) is 26.3. The van der Waals surface area contributed by atoms with Gasteiger partial charge in [0.15, 0.2) is 0 Å². The zero-order valence-corrected chi connectivity index (χ0v) is 11.5. The van der Waals surface area contributed by atoms with Crippen LogP contribution < -0.4 is 5.73 Å². The minimum atomic E-state index is 0.651. The molecule has 0 radical (unpaired) electrons. The van der Waals surface area contributed by atoms with E-state index in [0.29, 0.717) is 6.04 Å². The van der Waals surface area contributed by atoms with Gasteiger partial charge in [-0.25, -0.2) is 0 Å². The number of hydrogen-bond donors (Lipinski definition) is 1. The van der Waals surface area contributed by atoms with E-state index in [1.54, 1.807) is 0 Å². The molecular formula is C15H30N2. The minimum absolute atomic E-state index is 0.651. The van der Waals surface area contributed by atoms with Crippen molar-refractivity contribution in [3.8, 4) is 0 Å². The van der Waals surface area contributed by atoms with Crippen molar-refractivity contribution in [2.75, 3.05) is 13.6 Å². The van der Waals surface area contributed by atoms with Crippen LogP contribution in [0.3, 0.4) is 0 Å². The van der Waals surface area contributed by atoms with Crippen molar-refractivity contribution < 1.29 is 0 Å². The van der Waals surface area contributed by atoms with E-state index in [9.17, 15) is 0 Å². The lowest BCUT2D eigenvalue weighted by molar-refractivity contribution is 0.0709. The number of nitrogens with zero attached hydrogens (tertiary/aromatic N) is 1. The number of likely N-dealkylation sites (N-methyl/N-ethyl adjacent to an activating group) is 1. The van der Waals surface area contributed by atoms with Gasteiger partial charge in [-0.2, -0.15) is 0 Å². The maximum absolute atomic E-state index is 6.07. The summed E-state index contributed by atoms with van der Waals surface area (Å²) in [5.41, 5.74) is 6.07. The van der Waals surface area contributed by atoms with Gasteiger partial charge in [-0.1, -0.05) is 38.5 Å². The zero-order chi connectivity index (χ0) is 12.1. The first-order chi connectivity index (χ1) is 8.33. The molecule has 2 heteroatoms. The van der Waals surface area contributed by atoms with E-state index in [4.69, 9.17) is 5.73 Å². The van der Waals surface area contributed by atoms with Crippen molar-refractivity contribution in [3.05, 3.63) is 0 Å².